The molecule has 7 nitrogen and oxygen atoms in total. The zero-order chi connectivity index (χ0) is 23.2. The molecule has 1 aromatic heterocycles. The third-order valence-electron chi connectivity index (χ3n) is 5.84. The molecule has 0 aliphatic carbocycles. The highest BCUT2D eigenvalue weighted by molar-refractivity contribution is 5.94. The number of aromatic nitrogens is 3. The predicted molar refractivity (Wildman–Crippen MR) is 128 cm³/mol. The van der Waals surface area contributed by atoms with Gasteiger partial charge in [0.2, 0.25) is 0 Å². The van der Waals surface area contributed by atoms with Crippen LogP contribution >= 0.6 is 0 Å². The van der Waals surface area contributed by atoms with E-state index in [1.54, 1.807) is 0 Å². The molecule has 0 saturated heterocycles. The molecule has 2 heterocycles. The number of benzene rings is 2. The highest BCUT2D eigenvalue weighted by atomic mass is 16.5. The van der Waals surface area contributed by atoms with Crippen LogP contribution in [0.2, 0.25) is 0 Å². The van der Waals surface area contributed by atoms with E-state index in [2.05, 4.69) is 37.1 Å². The number of carbonyl (C=O) groups excluding carboxylic acids is 1. The number of amides is 1. The zero-order valence-electron chi connectivity index (χ0n) is 19.8. The van der Waals surface area contributed by atoms with Crippen molar-refractivity contribution in [3.8, 4) is 5.75 Å². The van der Waals surface area contributed by atoms with E-state index in [4.69, 9.17) is 4.74 Å². The summed E-state index contributed by atoms with van der Waals surface area (Å²) < 4.78 is 7.96. The van der Waals surface area contributed by atoms with Gasteiger partial charge < -0.3 is 14.6 Å². The maximum Gasteiger partial charge on any atom is 0.251 e. The third kappa shape index (κ3) is 6.20. The molecule has 1 aliphatic rings. The van der Waals surface area contributed by atoms with Gasteiger partial charge in [0.15, 0.2) is 0 Å². The molecule has 0 bridgehead atoms. The smallest absolute Gasteiger partial charge is 0.251 e. The lowest BCUT2D eigenvalue weighted by molar-refractivity contribution is 0.0954. The van der Waals surface area contributed by atoms with Crippen LogP contribution < -0.4 is 10.1 Å². The van der Waals surface area contributed by atoms with E-state index in [0.717, 1.165) is 55.6 Å². The van der Waals surface area contributed by atoms with Crippen molar-refractivity contribution < 1.29 is 9.53 Å². The van der Waals surface area contributed by atoms with E-state index < -0.39 is 0 Å². The van der Waals surface area contributed by atoms with Crippen molar-refractivity contribution in [2.24, 2.45) is 0 Å². The number of carbonyl (C=O) groups is 1. The van der Waals surface area contributed by atoms with E-state index in [1.165, 1.54) is 5.56 Å². The maximum absolute atomic E-state index is 12.3. The molecular formula is C26H33N5O2. The quantitative estimate of drug-likeness (QED) is 0.573. The fourth-order valence-electron chi connectivity index (χ4n) is 4.07. The molecule has 0 spiro atoms. The van der Waals surface area contributed by atoms with Crippen LogP contribution in [0.1, 0.15) is 47.0 Å². The van der Waals surface area contributed by atoms with Gasteiger partial charge in [-0.2, -0.15) is 0 Å². The standard InChI is InChI=1S/C26H33N5O2/c1-19(2)33-23-10-6-21(7-11-23)18-30-15-13-25-29-28-24(31(25)17-16-30)12-14-27-26(32)22-8-4-20(3)5-9-22/h4-11,19H,12-18H2,1-3H3,(H,27,32). The molecule has 0 fully saturated rings. The van der Waals surface area contributed by atoms with Gasteiger partial charge >= 0.3 is 0 Å². The Bertz CT molecular complexity index is 1060. The molecular weight excluding hydrogens is 414 g/mol. The average Bonchev–Trinajstić information content (AvgIpc) is 3.07. The van der Waals surface area contributed by atoms with Crippen molar-refractivity contribution in [3.63, 3.8) is 0 Å². The van der Waals surface area contributed by atoms with Crippen LogP contribution in [-0.4, -0.2) is 51.3 Å². The van der Waals surface area contributed by atoms with Gasteiger partial charge in [0, 0.05) is 51.1 Å². The average molecular weight is 448 g/mol. The Morgan fingerprint density at radius 2 is 1.79 bits per heavy atom. The van der Waals surface area contributed by atoms with Gasteiger partial charge in [0.1, 0.15) is 17.4 Å². The highest BCUT2D eigenvalue weighted by Gasteiger charge is 2.19. The highest BCUT2D eigenvalue weighted by Crippen LogP contribution is 2.17. The van der Waals surface area contributed by atoms with E-state index in [0.29, 0.717) is 18.5 Å². The predicted octanol–water partition coefficient (Wildman–Crippen LogP) is 3.40. The van der Waals surface area contributed by atoms with Crippen molar-refractivity contribution in [2.45, 2.75) is 52.8 Å². The Labute approximate surface area is 195 Å². The van der Waals surface area contributed by atoms with Gasteiger partial charge in [0.05, 0.1) is 6.10 Å². The Kier molecular flexibility index (Phi) is 7.40. The number of nitrogens with one attached hydrogen (secondary N) is 1. The summed E-state index contributed by atoms with van der Waals surface area (Å²) in [7, 11) is 0. The van der Waals surface area contributed by atoms with Crippen LogP contribution in [0, 0.1) is 6.92 Å². The van der Waals surface area contributed by atoms with Gasteiger partial charge in [-0.05, 0) is 50.6 Å². The van der Waals surface area contributed by atoms with Crippen molar-refractivity contribution >= 4 is 5.91 Å². The Hall–Kier alpha value is -3.19. The largest absolute Gasteiger partial charge is 0.491 e. The van der Waals surface area contributed by atoms with Crippen molar-refractivity contribution in [1.82, 2.24) is 25.0 Å². The molecule has 0 radical (unpaired) electrons. The minimum Gasteiger partial charge on any atom is -0.491 e. The molecule has 1 N–H and O–H groups in total. The van der Waals surface area contributed by atoms with Crippen molar-refractivity contribution in [3.05, 3.63) is 76.9 Å². The topological polar surface area (TPSA) is 72.3 Å². The molecule has 2 aromatic carbocycles. The fourth-order valence-corrected chi connectivity index (χ4v) is 4.07. The van der Waals surface area contributed by atoms with Crippen LogP contribution in [0.3, 0.4) is 0 Å². The first-order chi connectivity index (χ1) is 16.0. The number of fused-ring (bicyclic) bond motifs is 1. The normalized spacial score (nSPS) is 14.1. The molecule has 0 unspecified atom stereocenters. The second kappa shape index (κ2) is 10.6. The molecule has 7 heteroatoms. The maximum atomic E-state index is 12.3. The third-order valence-corrected chi connectivity index (χ3v) is 5.84. The molecule has 174 valence electrons. The summed E-state index contributed by atoms with van der Waals surface area (Å²) in [5.74, 6) is 2.82. The Morgan fingerprint density at radius 1 is 1.03 bits per heavy atom. The summed E-state index contributed by atoms with van der Waals surface area (Å²) in [5, 5.41) is 11.8. The van der Waals surface area contributed by atoms with Gasteiger partial charge in [-0.1, -0.05) is 29.8 Å². The molecule has 3 aromatic rings. The lowest BCUT2D eigenvalue weighted by Gasteiger charge is -2.20. The van der Waals surface area contributed by atoms with Crippen LogP contribution in [0.4, 0.5) is 0 Å². The van der Waals surface area contributed by atoms with Crippen LogP contribution in [-0.2, 0) is 25.9 Å². The van der Waals surface area contributed by atoms with Crippen molar-refractivity contribution in [1.29, 1.82) is 0 Å². The molecule has 1 aliphatic heterocycles. The minimum atomic E-state index is -0.0541. The summed E-state index contributed by atoms with van der Waals surface area (Å²) in [5.41, 5.74) is 3.10. The summed E-state index contributed by atoms with van der Waals surface area (Å²) in [6.07, 6.45) is 1.72. The first-order valence-electron chi connectivity index (χ1n) is 11.7. The molecule has 0 atom stereocenters. The summed E-state index contributed by atoms with van der Waals surface area (Å²) >= 11 is 0. The first-order valence-corrected chi connectivity index (χ1v) is 11.7. The lowest BCUT2D eigenvalue weighted by Crippen LogP contribution is -2.28. The van der Waals surface area contributed by atoms with Crippen molar-refractivity contribution in [2.75, 3.05) is 19.6 Å². The van der Waals surface area contributed by atoms with Gasteiger partial charge in [0.25, 0.3) is 5.91 Å². The second-order valence-electron chi connectivity index (χ2n) is 8.89. The number of hydrogen-bond acceptors (Lipinski definition) is 5. The molecule has 4 rings (SSSR count). The van der Waals surface area contributed by atoms with Crippen LogP contribution in [0.5, 0.6) is 5.75 Å². The van der Waals surface area contributed by atoms with Gasteiger partial charge in [-0.25, -0.2) is 0 Å². The lowest BCUT2D eigenvalue weighted by atomic mass is 10.1. The van der Waals surface area contributed by atoms with Gasteiger partial charge in [-0.15, -0.1) is 10.2 Å². The van der Waals surface area contributed by atoms with Crippen LogP contribution in [0.25, 0.3) is 0 Å². The zero-order valence-corrected chi connectivity index (χ0v) is 19.8. The number of aryl methyl sites for hydroxylation is 1. The second-order valence-corrected chi connectivity index (χ2v) is 8.89. The number of rotatable bonds is 8. The van der Waals surface area contributed by atoms with E-state index in [9.17, 15) is 4.79 Å². The fraction of sp³-hybridized carbons (Fsp3) is 0.423. The van der Waals surface area contributed by atoms with Crippen LogP contribution in [0.15, 0.2) is 48.5 Å². The van der Waals surface area contributed by atoms with Gasteiger partial charge in [-0.3, -0.25) is 9.69 Å². The summed E-state index contributed by atoms with van der Waals surface area (Å²) in [6, 6.07) is 16.0. The number of hydrogen-bond donors (Lipinski definition) is 1. The molecule has 1 amide bonds. The SMILES string of the molecule is Cc1ccc(C(=O)NCCc2nnc3n2CCN(Cc2ccc(OC(C)C)cc2)CC3)cc1. The number of ether oxygens (including phenoxy) is 1. The summed E-state index contributed by atoms with van der Waals surface area (Å²) in [6.45, 7) is 10.3. The minimum absolute atomic E-state index is 0.0541. The summed E-state index contributed by atoms with van der Waals surface area (Å²) in [4.78, 5) is 14.8. The Morgan fingerprint density at radius 3 is 2.52 bits per heavy atom. The number of nitrogens with zero attached hydrogens (tertiary/aromatic N) is 4. The molecule has 0 saturated carbocycles. The molecule has 33 heavy (non-hydrogen) atoms. The first kappa shape index (κ1) is 23.0. The monoisotopic (exact) mass is 447 g/mol. The Balaban J connectivity index is 1.28. The van der Waals surface area contributed by atoms with E-state index >= 15 is 0 Å². The van der Waals surface area contributed by atoms with E-state index in [-0.39, 0.29) is 12.0 Å². The van der Waals surface area contributed by atoms with E-state index in [1.807, 2.05) is 57.2 Å².